The van der Waals surface area contributed by atoms with E-state index in [0.717, 1.165) is 18.5 Å². The van der Waals surface area contributed by atoms with E-state index in [1.807, 2.05) is 13.8 Å². The van der Waals surface area contributed by atoms with Gasteiger partial charge in [0.1, 0.15) is 5.56 Å². The maximum absolute atomic E-state index is 11.2. The smallest absolute Gasteiger partial charge is 0.339 e. The zero-order valence-electron chi connectivity index (χ0n) is 10.9. The van der Waals surface area contributed by atoms with Crippen molar-refractivity contribution >= 4 is 11.7 Å². The zero-order chi connectivity index (χ0) is 13.7. The number of aromatic carboxylic acids is 1. The molecular formula is C14H18N2O2. The molecule has 1 atom stereocenters. The molecule has 0 aliphatic rings. The van der Waals surface area contributed by atoms with Crippen LogP contribution in [0.3, 0.4) is 0 Å². The Bertz CT molecular complexity index is 489. The lowest BCUT2D eigenvalue weighted by Crippen LogP contribution is -2.20. The van der Waals surface area contributed by atoms with Gasteiger partial charge in [0.2, 0.25) is 0 Å². The van der Waals surface area contributed by atoms with Gasteiger partial charge in [-0.3, -0.25) is 4.98 Å². The Kier molecular flexibility index (Phi) is 4.73. The maximum Gasteiger partial charge on any atom is 0.339 e. The first-order chi connectivity index (χ1) is 8.49. The van der Waals surface area contributed by atoms with Gasteiger partial charge < -0.3 is 10.4 Å². The molecule has 0 aliphatic heterocycles. The van der Waals surface area contributed by atoms with Gasteiger partial charge in [-0.05, 0) is 26.3 Å². The molecule has 0 saturated carbocycles. The van der Waals surface area contributed by atoms with E-state index in [2.05, 4.69) is 16.2 Å². The summed E-state index contributed by atoms with van der Waals surface area (Å²) in [6.45, 7) is 5.55. The van der Waals surface area contributed by atoms with Gasteiger partial charge in [0, 0.05) is 5.69 Å². The van der Waals surface area contributed by atoms with Crippen LogP contribution in [0.2, 0.25) is 0 Å². The second-order valence-electron chi connectivity index (χ2n) is 4.23. The van der Waals surface area contributed by atoms with E-state index in [-0.39, 0.29) is 11.6 Å². The summed E-state index contributed by atoms with van der Waals surface area (Å²) in [5, 5.41) is 12.3. The van der Waals surface area contributed by atoms with Crippen LogP contribution in [-0.4, -0.2) is 22.1 Å². The molecule has 0 aliphatic carbocycles. The van der Waals surface area contributed by atoms with Gasteiger partial charge in [0.15, 0.2) is 0 Å². The quantitative estimate of drug-likeness (QED) is 0.784. The van der Waals surface area contributed by atoms with Crippen molar-refractivity contribution in [2.24, 2.45) is 0 Å². The zero-order valence-corrected chi connectivity index (χ0v) is 10.9. The van der Waals surface area contributed by atoms with Crippen LogP contribution in [0.5, 0.6) is 0 Å². The van der Waals surface area contributed by atoms with Gasteiger partial charge in [-0.15, -0.1) is 6.42 Å². The fourth-order valence-electron chi connectivity index (χ4n) is 1.89. The summed E-state index contributed by atoms with van der Waals surface area (Å²) in [6, 6.07) is 1.56. The maximum atomic E-state index is 11.2. The molecule has 1 aromatic heterocycles. The Morgan fingerprint density at radius 1 is 1.61 bits per heavy atom. The number of carbonyl (C=O) groups is 1. The number of anilines is 1. The number of terminal acetylenes is 1. The van der Waals surface area contributed by atoms with Crippen molar-refractivity contribution in [3.05, 3.63) is 23.0 Å². The molecule has 4 heteroatoms. The molecular weight excluding hydrogens is 228 g/mol. The molecule has 1 heterocycles. The van der Waals surface area contributed by atoms with E-state index in [0.29, 0.717) is 11.4 Å². The number of rotatable bonds is 5. The van der Waals surface area contributed by atoms with Gasteiger partial charge in [0.25, 0.3) is 0 Å². The molecule has 1 aromatic rings. The summed E-state index contributed by atoms with van der Waals surface area (Å²) in [4.78, 5) is 15.4. The van der Waals surface area contributed by atoms with E-state index in [1.165, 1.54) is 0 Å². The largest absolute Gasteiger partial charge is 0.478 e. The first-order valence-corrected chi connectivity index (χ1v) is 5.93. The average Bonchev–Trinajstić information content (AvgIpc) is 2.26. The summed E-state index contributed by atoms with van der Waals surface area (Å²) < 4.78 is 0. The lowest BCUT2D eigenvalue weighted by molar-refractivity contribution is 0.0696. The first kappa shape index (κ1) is 14.0. The van der Waals surface area contributed by atoms with Gasteiger partial charge in [0.05, 0.1) is 17.4 Å². The predicted molar refractivity (Wildman–Crippen MR) is 71.8 cm³/mol. The Hall–Kier alpha value is -2.02. The molecule has 4 nitrogen and oxygen atoms in total. The number of carboxylic acid groups (broad SMARTS) is 1. The monoisotopic (exact) mass is 246 g/mol. The minimum Gasteiger partial charge on any atom is -0.478 e. The third-order valence-electron chi connectivity index (χ3n) is 2.65. The predicted octanol–water partition coefficient (Wildman–Crippen LogP) is 2.61. The Morgan fingerprint density at radius 2 is 2.28 bits per heavy atom. The van der Waals surface area contributed by atoms with Crippen LogP contribution in [0.15, 0.2) is 6.07 Å². The molecule has 2 N–H and O–H groups in total. The van der Waals surface area contributed by atoms with Crippen molar-refractivity contribution in [3.8, 4) is 12.3 Å². The minimum atomic E-state index is -0.991. The standard InChI is InChI=1S/C14H18N2O2/c1-5-7-11(6-2)16-12-8-9(3)15-10(4)13(12)14(17)18/h2,8,11H,5,7H2,1,3-4H3,(H,15,16)(H,17,18). The molecule has 1 rings (SSSR count). The third kappa shape index (κ3) is 3.24. The number of carboxylic acids is 1. The van der Waals surface area contributed by atoms with E-state index in [4.69, 9.17) is 6.42 Å². The summed E-state index contributed by atoms with van der Waals surface area (Å²) in [5.41, 5.74) is 2.00. The molecule has 0 saturated heterocycles. The highest BCUT2D eigenvalue weighted by Crippen LogP contribution is 2.21. The van der Waals surface area contributed by atoms with E-state index < -0.39 is 5.97 Å². The van der Waals surface area contributed by atoms with Gasteiger partial charge in [-0.25, -0.2) is 4.79 Å². The van der Waals surface area contributed by atoms with Crippen LogP contribution in [-0.2, 0) is 0 Å². The normalized spacial score (nSPS) is 11.7. The van der Waals surface area contributed by atoms with Crippen LogP contribution in [0.25, 0.3) is 0 Å². The highest BCUT2D eigenvalue weighted by molar-refractivity contribution is 5.95. The Balaban J connectivity index is 3.14. The molecule has 0 radical (unpaired) electrons. The molecule has 1 unspecified atom stereocenters. The van der Waals surface area contributed by atoms with Crippen molar-refractivity contribution in [2.75, 3.05) is 5.32 Å². The summed E-state index contributed by atoms with van der Waals surface area (Å²) >= 11 is 0. The Morgan fingerprint density at radius 3 is 2.78 bits per heavy atom. The van der Waals surface area contributed by atoms with Crippen LogP contribution in [0, 0.1) is 26.2 Å². The lowest BCUT2D eigenvalue weighted by atomic mass is 10.1. The van der Waals surface area contributed by atoms with E-state index in [9.17, 15) is 9.90 Å². The lowest BCUT2D eigenvalue weighted by Gasteiger charge is -2.17. The molecule has 18 heavy (non-hydrogen) atoms. The fraction of sp³-hybridized carbons (Fsp3) is 0.429. The van der Waals surface area contributed by atoms with Crippen molar-refractivity contribution in [1.29, 1.82) is 0 Å². The SMILES string of the molecule is C#CC(CCC)Nc1cc(C)nc(C)c1C(=O)O. The van der Waals surface area contributed by atoms with Crippen molar-refractivity contribution < 1.29 is 9.90 Å². The number of hydrogen-bond donors (Lipinski definition) is 2. The third-order valence-corrected chi connectivity index (χ3v) is 2.65. The number of nitrogens with zero attached hydrogens (tertiary/aromatic N) is 1. The highest BCUT2D eigenvalue weighted by Gasteiger charge is 2.17. The fourth-order valence-corrected chi connectivity index (χ4v) is 1.89. The number of nitrogens with one attached hydrogen (secondary N) is 1. The van der Waals surface area contributed by atoms with Crippen molar-refractivity contribution in [3.63, 3.8) is 0 Å². The van der Waals surface area contributed by atoms with Gasteiger partial charge >= 0.3 is 5.97 Å². The number of aryl methyl sites for hydroxylation is 2. The van der Waals surface area contributed by atoms with E-state index >= 15 is 0 Å². The minimum absolute atomic E-state index is 0.158. The van der Waals surface area contributed by atoms with Crippen LogP contribution >= 0.6 is 0 Å². The summed E-state index contributed by atoms with van der Waals surface area (Å²) in [5.74, 6) is 1.64. The number of hydrogen-bond acceptors (Lipinski definition) is 3. The second kappa shape index (κ2) is 6.06. The molecule has 0 amide bonds. The summed E-state index contributed by atoms with van der Waals surface area (Å²) in [6.07, 6.45) is 7.17. The molecule has 0 spiro atoms. The summed E-state index contributed by atoms with van der Waals surface area (Å²) in [7, 11) is 0. The van der Waals surface area contributed by atoms with Gasteiger partial charge in [-0.2, -0.15) is 0 Å². The molecule has 0 fully saturated rings. The van der Waals surface area contributed by atoms with E-state index in [1.54, 1.807) is 13.0 Å². The Labute approximate surface area is 107 Å². The van der Waals surface area contributed by atoms with Crippen molar-refractivity contribution in [2.45, 2.75) is 39.7 Å². The first-order valence-electron chi connectivity index (χ1n) is 5.93. The molecule has 96 valence electrons. The van der Waals surface area contributed by atoms with Gasteiger partial charge in [-0.1, -0.05) is 19.3 Å². The van der Waals surface area contributed by atoms with Crippen LogP contribution in [0.4, 0.5) is 5.69 Å². The average molecular weight is 246 g/mol. The number of aromatic nitrogens is 1. The topological polar surface area (TPSA) is 62.2 Å². The second-order valence-corrected chi connectivity index (χ2v) is 4.23. The van der Waals surface area contributed by atoms with Crippen LogP contribution in [0.1, 0.15) is 41.5 Å². The van der Waals surface area contributed by atoms with Crippen molar-refractivity contribution in [1.82, 2.24) is 4.98 Å². The highest BCUT2D eigenvalue weighted by atomic mass is 16.4. The molecule has 0 aromatic carbocycles. The van der Waals surface area contributed by atoms with Crippen LogP contribution < -0.4 is 5.32 Å². The number of pyridine rings is 1. The molecule has 0 bridgehead atoms.